The Labute approximate surface area is 187 Å². The van der Waals surface area contributed by atoms with Crippen LogP contribution in [0.25, 0.3) is 4.91 Å². The van der Waals surface area contributed by atoms with Crippen LogP contribution in [0.15, 0.2) is 41.4 Å². The van der Waals surface area contributed by atoms with Crippen LogP contribution in [0.2, 0.25) is 0 Å². The van der Waals surface area contributed by atoms with Gasteiger partial charge in [0.25, 0.3) is 5.91 Å². The van der Waals surface area contributed by atoms with Gasteiger partial charge in [0.2, 0.25) is 0 Å². The van der Waals surface area contributed by atoms with Crippen LogP contribution in [-0.4, -0.2) is 43.1 Å². The molecular formula is C24H39N3O2S. The molecule has 0 aliphatic carbocycles. The second kappa shape index (κ2) is 14.1. The highest BCUT2D eigenvalue weighted by atomic mass is 32.2. The summed E-state index contributed by atoms with van der Waals surface area (Å²) >= 11 is 1.29. The van der Waals surface area contributed by atoms with Gasteiger partial charge < -0.3 is 20.7 Å². The number of benzene rings is 1. The molecule has 168 valence electrons. The molecule has 1 unspecified atom stereocenters. The molecule has 6 heteroatoms. The molecule has 1 rings (SSSR count). The van der Waals surface area contributed by atoms with Crippen LogP contribution in [-0.2, 0) is 4.79 Å². The molecule has 1 amide bonds. The lowest BCUT2D eigenvalue weighted by Crippen LogP contribution is -2.36. The van der Waals surface area contributed by atoms with Crippen LogP contribution >= 0.6 is 11.8 Å². The molecule has 30 heavy (non-hydrogen) atoms. The molecule has 1 aromatic rings. The first kappa shape index (κ1) is 26.1. The fraction of sp³-hybridized carbons (Fsp3) is 0.542. The molecule has 0 fully saturated rings. The first-order valence-electron chi connectivity index (χ1n) is 10.9. The number of nitrogens with zero attached hydrogens (tertiary/aromatic N) is 1. The highest BCUT2D eigenvalue weighted by molar-refractivity contribution is 8.12. The number of hydrogen-bond acceptors (Lipinski definition) is 5. The van der Waals surface area contributed by atoms with E-state index in [0.717, 1.165) is 35.7 Å². The summed E-state index contributed by atoms with van der Waals surface area (Å²) in [7, 11) is 0. The molecule has 0 aliphatic heterocycles. The maximum Gasteiger partial charge on any atom is 0.259 e. The van der Waals surface area contributed by atoms with Gasteiger partial charge in [0.05, 0.1) is 11.5 Å². The average molecular weight is 434 g/mol. The number of ether oxygens (including phenoxy) is 1. The van der Waals surface area contributed by atoms with Gasteiger partial charge in [-0.05, 0) is 46.2 Å². The average Bonchev–Trinajstić information content (AvgIpc) is 2.72. The van der Waals surface area contributed by atoms with E-state index in [4.69, 9.17) is 10.5 Å². The molecule has 0 aliphatic rings. The van der Waals surface area contributed by atoms with Crippen molar-refractivity contribution < 1.29 is 9.53 Å². The Morgan fingerprint density at radius 3 is 2.60 bits per heavy atom. The van der Waals surface area contributed by atoms with Gasteiger partial charge in [-0.15, -0.1) is 0 Å². The maximum absolute atomic E-state index is 12.8. The Kier molecular flexibility index (Phi) is 12.3. The van der Waals surface area contributed by atoms with Gasteiger partial charge in [0.1, 0.15) is 5.75 Å². The summed E-state index contributed by atoms with van der Waals surface area (Å²) in [5.74, 6) is 0.604. The lowest BCUT2D eigenvalue weighted by atomic mass is 10.1. The van der Waals surface area contributed by atoms with E-state index >= 15 is 0 Å². The Morgan fingerprint density at radius 2 is 2.00 bits per heavy atom. The minimum absolute atomic E-state index is 0.153. The number of allylic oxidation sites excluding steroid dienone is 1. The zero-order valence-electron chi connectivity index (χ0n) is 19.3. The first-order chi connectivity index (χ1) is 14.3. The third-order valence-electron chi connectivity index (χ3n) is 4.92. The van der Waals surface area contributed by atoms with Crippen LogP contribution in [0.3, 0.4) is 0 Å². The van der Waals surface area contributed by atoms with E-state index in [9.17, 15) is 4.79 Å². The number of carbonyl (C=O) groups excluding carboxylic acids is 1. The molecule has 3 N–H and O–H groups in total. The van der Waals surface area contributed by atoms with Crippen molar-refractivity contribution in [1.82, 2.24) is 10.2 Å². The second-order valence-corrected chi connectivity index (χ2v) is 8.45. The van der Waals surface area contributed by atoms with E-state index in [1.807, 2.05) is 31.2 Å². The van der Waals surface area contributed by atoms with Crippen molar-refractivity contribution in [3.05, 3.63) is 47.0 Å². The zero-order chi connectivity index (χ0) is 22.5. The minimum Gasteiger partial charge on any atom is -0.493 e. The number of rotatable bonds is 14. The summed E-state index contributed by atoms with van der Waals surface area (Å²) in [6.07, 6.45) is 3.29. The van der Waals surface area contributed by atoms with E-state index in [0.29, 0.717) is 29.8 Å². The first-order valence-corrected chi connectivity index (χ1v) is 11.7. The van der Waals surface area contributed by atoms with Gasteiger partial charge >= 0.3 is 0 Å². The van der Waals surface area contributed by atoms with Crippen LogP contribution in [0.5, 0.6) is 5.75 Å². The van der Waals surface area contributed by atoms with Crippen molar-refractivity contribution in [3.63, 3.8) is 0 Å². The Hall–Kier alpha value is -1.92. The van der Waals surface area contributed by atoms with Crippen molar-refractivity contribution in [2.45, 2.75) is 59.9 Å². The number of carbonyl (C=O) groups is 1. The van der Waals surface area contributed by atoms with E-state index < -0.39 is 0 Å². The quantitative estimate of drug-likeness (QED) is 0.319. The topological polar surface area (TPSA) is 67.6 Å². The minimum atomic E-state index is -0.153. The smallest absolute Gasteiger partial charge is 0.259 e. The summed E-state index contributed by atoms with van der Waals surface area (Å²) < 4.78 is 5.68. The third kappa shape index (κ3) is 8.44. The summed E-state index contributed by atoms with van der Waals surface area (Å²) in [4.78, 5) is 16.4. The number of para-hydroxylation sites is 1. The lowest BCUT2D eigenvalue weighted by molar-refractivity contribution is -0.116. The van der Waals surface area contributed by atoms with E-state index in [2.05, 4.69) is 37.6 Å². The van der Waals surface area contributed by atoms with Crippen LogP contribution < -0.4 is 15.8 Å². The van der Waals surface area contributed by atoms with Crippen LogP contribution in [0.1, 0.15) is 59.4 Å². The summed E-state index contributed by atoms with van der Waals surface area (Å²) in [6.45, 7) is 17.7. The number of thioether (sulfide) groups is 1. The molecule has 5 nitrogen and oxygen atoms in total. The molecular weight excluding hydrogens is 394 g/mol. The van der Waals surface area contributed by atoms with Gasteiger partial charge in [-0.1, -0.05) is 56.8 Å². The molecule has 0 spiro atoms. The fourth-order valence-electron chi connectivity index (χ4n) is 3.32. The highest BCUT2D eigenvalue weighted by Crippen LogP contribution is 2.37. The van der Waals surface area contributed by atoms with Gasteiger partial charge in [0.15, 0.2) is 0 Å². The molecule has 0 bridgehead atoms. The van der Waals surface area contributed by atoms with Crippen LogP contribution in [0.4, 0.5) is 0 Å². The van der Waals surface area contributed by atoms with Gasteiger partial charge in [-0.2, -0.15) is 0 Å². The van der Waals surface area contributed by atoms with Gasteiger partial charge in [-0.3, -0.25) is 4.79 Å². The largest absolute Gasteiger partial charge is 0.493 e. The molecule has 1 aromatic carbocycles. The summed E-state index contributed by atoms with van der Waals surface area (Å²) in [5, 5.41) is 3.01. The van der Waals surface area contributed by atoms with Crippen LogP contribution in [0, 0.1) is 0 Å². The maximum atomic E-state index is 12.8. The van der Waals surface area contributed by atoms with Gasteiger partial charge in [0, 0.05) is 35.3 Å². The molecule has 0 saturated carbocycles. The molecule has 0 heterocycles. The highest BCUT2D eigenvalue weighted by Gasteiger charge is 2.17. The molecule has 0 radical (unpaired) electrons. The Bertz CT molecular complexity index is 714. The fourth-order valence-corrected chi connectivity index (χ4v) is 4.17. The number of nitrogens with two attached hydrogens (primary N) is 1. The molecule has 1 atom stereocenters. The monoisotopic (exact) mass is 433 g/mol. The number of nitrogens with one attached hydrogen (secondary N) is 1. The molecule has 0 saturated heterocycles. The van der Waals surface area contributed by atoms with E-state index in [1.165, 1.54) is 24.6 Å². The number of amides is 1. The second-order valence-electron chi connectivity index (χ2n) is 7.34. The zero-order valence-corrected chi connectivity index (χ0v) is 20.1. The normalized spacial score (nSPS) is 13.0. The van der Waals surface area contributed by atoms with Crippen molar-refractivity contribution in [2.75, 3.05) is 26.2 Å². The predicted molar refractivity (Wildman–Crippen MR) is 130 cm³/mol. The summed E-state index contributed by atoms with van der Waals surface area (Å²) in [6, 6.07) is 8.27. The summed E-state index contributed by atoms with van der Waals surface area (Å²) in [5.41, 5.74) is 7.38. The van der Waals surface area contributed by atoms with Crippen molar-refractivity contribution in [2.24, 2.45) is 5.73 Å². The standard InChI is InChI=1S/C24H39N3O2S/c1-7-13-18(4)27(8-2)17-12-16-26-24(28)23(19(5)25)30-20(6)21-14-10-11-15-22(21)29-9-3/h10-11,14-15,18H,6-9,12-13,16-17,25H2,1-5H3,(H,26,28)/b23-19-. The van der Waals surface area contributed by atoms with Crippen molar-refractivity contribution >= 4 is 22.6 Å². The Balaban J connectivity index is 2.66. The number of hydrogen-bond donors (Lipinski definition) is 2. The van der Waals surface area contributed by atoms with Crippen molar-refractivity contribution in [3.8, 4) is 5.75 Å². The van der Waals surface area contributed by atoms with Gasteiger partial charge in [-0.25, -0.2) is 0 Å². The van der Waals surface area contributed by atoms with E-state index in [-0.39, 0.29) is 5.91 Å². The third-order valence-corrected chi connectivity index (χ3v) is 6.10. The van der Waals surface area contributed by atoms with Crippen molar-refractivity contribution in [1.29, 1.82) is 0 Å². The Morgan fingerprint density at radius 1 is 1.30 bits per heavy atom. The predicted octanol–water partition coefficient (Wildman–Crippen LogP) is 5.00. The van der Waals surface area contributed by atoms with E-state index in [1.54, 1.807) is 6.92 Å². The lowest BCUT2D eigenvalue weighted by Gasteiger charge is -2.27. The SMILES string of the molecule is C=C(S/C(C(=O)NCCCN(CC)C(C)CCC)=C(/C)N)c1ccccc1OCC. The molecule has 0 aromatic heterocycles.